The van der Waals surface area contributed by atoms with Crippen LogP contribution in [0.4, 0.5) is 10.2 Å². The number of anilines is 1. The van der Waals surface area contributed by atoms with Crippen molar-refractivity contribution in [1.82, 2.24) is 9.78 Å². The van der Waals surface area contributed by atoms with Gasteiger partial charge in [-0.3, -0.25) is 9.58 Å². The normalized spacial score (nSPS) is 20.8. The number of allylic oxidation sites excluding steroid dienone is 2. The molecule has 0 saturated heterocycles. The number of aliphatic hydroxyl groups excluding tert-OH is 1. The number of aromatic nitrogens is 2. The van der Waals surface area contributed by atoms with Gasteiger partial charge in [0.25, 0.3) is 0 Å². The van der Waals surface area contributed by atoms with Gasteiger partial charge in [-0.25, -0.2) is 4.39 Å². The molecule has 0 bridgehead atoms. The monoisotopic (exact) mass is 224 g/mol. The molecule has 5 nitrogen and oxygen atoms in total. The van der Waals surface area contributed by atoms with Gasteiger partial charge < -0.3 is 10.8 Å². The van der Waals surface area contributed by atoms with Crippen molar-refractivity contribution in [1.29, 1.82) is 0 Å². The highest BCUT2D eigenvalue weighted by atomic mass is 19.1. The fourth-order valence-electron chi connectivity index (χ4n) is 1.49. The smallest absolute Gasteiger partial charge is 0.172 e. The summed E-state index contributed by atoms with van der Waals surface area (Å²) >= 11 is 0. The topological polar surface area (TPSA) is 67.3 Å². The van der Waals surface area contributed by atoms with Crippen LogP contribution in [-0.2, 0) is 7.05 Å². The van der Waals surface area contributed by atoms with Crippen LogP contribution in [-0.4, -0.2) is 21.1 Å². The van der Waals surface area contributed by atoms with E-state index in [2.05, 4.69) is 5.10 Å². The Morgan fingerprint density at radius 3 is 2.81 bits per heavy atom. The zero-order valence-corrected chi connectivity index (χ0v) is 9.05. The van der Waals surface area contributed by atoms with Crippen molar-refractivity contribution in [3.05, 3.63) is 35.6 Å². The number of hydrogen-bond donors (Lipinski definition) is 2. The number of rotatable bonds is 1. The van der Waals surface area contributed by atoms with E-state index in [-0.39, 0.29) is 5.70 Å². The van der Waals surface area contributed by atoms with Crippen molar-refractivity contribution in [2.24, 2.45) is 12.8 Å². The van der Waals surface area contributed by atoms with Crippen molar-refractivity contribution in [2.45, 2.75) is 13.2 Å². The molecule has 1 unspecified atom stereocenters. The second kappa shape index (κ2) is 3.64. The molecule has 1 aliphatic heterocycles. The summed E-state index contributed by atoms with van der Waals surface area (Å²) in [7, 11) is 1.77. The summed E-state index contributed by atoms with van der Waals surface area (Å²) in [4.78, 5) is 1.29. The molecule has 0 radical (unpaired) electrons. The highest BCUT2D eigenvalue weighted by molar-refractivity contribution is 5.49. The quantitative estimate of drug-likeness (QED) is 0.729. The Morgan fingerprint density at radius 2 is 2.25 bits per heavy atom. The maximum absolute atomic E-state index is 13.2. The third-order valence-electron chi connectivity index (χ3n) is 2.49. The third-order valence-corrected chi connectivity index (χ3v) is 2.49. The molecule has 0 aromatic carbocycles. The molecule has 0 fully saturated rings. The first kappa shape index (κ1) is 10.7. The Labute approximate surface area is 92.3 Å². The summed E-state index contributed by atoms with van der Waals surface area (Å²) in [6, 6.07) is 1.74. The lowest BCUT2D eigenvalue weighted by Gasteiger charge is -2.27. The fourth-order valence-corrected chi connectivity index (χ4v) is 1.49. The largest absolute Gasteiger partial charge is 0.398 e. The average Bonchev–Trinajstić information content (AvgIpc) is 2.53. The number of hydrogen-bond acceptors (Lipinski definition) is 4. The molecule has 0 amide bonds. The summed E-state index contributed by atoms with van der Waals surface area (Å²) in [5.41, 5.74) is 6.46. The Morgan fingerprint density at radius 1 is 1.56 bits per heavy atom. The summed E-state index contributed by atoms with van der Waals surface area (Å²) in [6.07, 6.45) is 1.19. The van der Waals surface area contributed by atoms with E-state index in [0.29, 0.717) is 5.82 Å². The second-order valence-corrected chi connectivity index (χ2v) is 3.71. The van der Waals surface area contributed by atoms with E-state index in [1.807, 2.05) is 6.92 Å². The summed E-state index contributed by atoms with van der Waals surface area (Å²) in [5.74, 6) is -0.0511. The molecule has 0 saturated carbocycles. The molecule has 1 aromatic heterocycles. The van der Waals surface area contributed by atoms with Gasteiger partial charge in [0.15, 0.2) is 12.0 Å². The van der Waals surface area contributed by atoms with Gasteiger partial charge in [0, 0.05) is 25.0 Å². The van der Waals surface area contributed by atoms with E-state index < -0.39 is 12.1 Å². The third kappa shape index (κ3) is 1.67. The van der Waals surface area contributed by atoms with Gasteiger partial charge in [0.05, 0.1) is 5.70 Å². The number of nitrogens with two attached hydrogens (primary N) is 1. The first-order valence-corrected chi connectivity index (χ1v) is 4.80. The van der Waals surface area contributed by atoms with Gasteiger partial charge in [0.2, 0.25) is 0 Å². The molecular formula is C10H13FN4O. The Hall–Kier alpha value is -1.82. The Balaban J connectivity index is 2.38. The maximum Gasteiger partial charge on any atom is 0.172 e. The summed E-state index contributed by atoms with van der Waals surface area (Å²) < 4.78 is 14.8. The van der Waals surface area contributed by atoms with Gasteiger partial charge in [0.1, 0.15) is 5.83 Å². The van der Waals surface area contributed by atoms with Gasteiger partial charge in [-0.15, -0.1) is 0 Å². The molecular weight excluding hydrogens is 211 g/mol. The number of halogens is 1. The van der Waals surface area contributed by atoms with Crippen LogP contribution in [0.15, 0.2) is 29.9 Å². The molecule has 6 heteroatoms. The van der Waals surface area contributed by atoms with Crippen LogP contribution in [0.25, 0.3) is 0 Å². The van der Waals surface area contributed by atoms with Crippen molar-refractivity contribution >= 4 is 5.82 Å². The van der Waals surface area contributed by atoms with Crippen LogP contribution < -0.4 is 10.6 Å². The Kier molecular flexibility index (Phi) is 2.43. The lowest BCUT2D eigenvalue weighted by atomic mass is 10.2. The first-order chi connectivity index (χ1) is 7.49. The predicted octanol–water partition coefficient (Wildman–Crippen LogP) is 0.520. The molecule has 86 valence electrons. The van der Waals surface area contributed by atoms with E-state index >= 15 is 0 Å². The molecule has 2 heterocycles. The average molecular weight is 224 g/mol. The minimum absolute atomic E-state index is 0.0586. The molecule has 1 aliphatic rings. The minimum Gasteiger partial charge on any atom is -0.398 e. The van der Waals surface area contributed by atoms with Crippen LogP contribution in [0.1, 0.15) is 5.69 Å². The van der Waals surface area contributed by atoms with Crippen molar-refractivity contribution in [3.63, 3.8) is 0 Å². The van der Waals surface area contributed by atoms with E-state index in [4.69, 9.17) is 5.73 Å². The number of nitrogens with zero attached hydrogens (tertiary/aromatic N) is 3. The number of aliphatic hydroxyl groups is 1. The SMILES string of the molecule is Cc1cc(N2C=C(F)C=C(N)C2O)nn1C. The Bertz CT molecular complexity index is 458. The summed E-state index contributed by atoms with van der Waals surface area (Å²) in [6.45, 7) is 1.87. The standard InChI is InChI=1S/C10H13FN4O/c1-6-3-9(13-14(6)2)15-5-7(11)4-8(12)10(15)16/h3-5,10,16H,12H2,1-2H3. The van der Waals surface area contributed by atoms with Gasteiger partial charge in [-0.2, -0.15) is 5.10 Å². The van der Waals surface area contributed by atoms with Crippen LogP contribution in [0.3, 0.4) is 0 Å². The maximum atomic E-state index is 13.2. The molecule has 1 atom stereocenters. The van der Waals surface area contributed by atoms with Gasteiger partial charge >= 0.3 is 0 Å². The molecule has 0 aliphatic carbocycles. The molecule has 16 heavy (non-hydrogen) atoms. The van der Waals surface area contributed by atoms with E-state index in [1.165, 1.54) is 11.1 Å². The zero-order valence-electron chi connectivity index (χ0n) is 9.05. The lowest BCUT2D eigenvalue weighted by Crippen LogP contribution is -2.37. The lowest BCUT2D eigenvalue weighted by molar-refractivity contribution is 0.209. The first-order valence-electron chi connectivity index (χ1n) is 4.80. The highest BCUT2D eigenvalue weighted by Gasteiger charge is 2.24. The minimum atomic E-state index is -1.08. The van der Waals surface area contributed by atoms with Crippen molar-refractivity contribution in [3.8, 4) is 0 Å². The van der Waals surface area contributed by atoms with Crippen LogP contribution >= 0.6 is 0 Å². The number of aryl methyl sites for hydroxylation is 2. The van der Waals surface area contributed by atoms with Crippen molar-refractivity contribution in [2.75, 3.05) is 4.90 Å². The molecule has 3 N–H and O–H groups in total. The van der Waals surface area contributed by atoms with E-state index in [0.717, 1.165) is 11.8 Å². The summed E-state index contributed by atoms with van der Waals surface area (Å²) in [5, 5.41) is 13.9. The molecule has 1 aromatic rings. The zero-order chi connectivity index (χ0) is 11.9. The molecule has 2 rings (SSSR count). The van der Waals surface area contributed by atoms with Crippen LogP contribution in [0.2, 0.25) is 0 Å². The van der Waals surface area contributed by atoms with Crippen LogP contribution in [0.5, 0.6) is 0 Å². The predicted molar refractivity (Wildman–Crippen MR) is 57.9 cm³/mol. The van der Waals surface area contributed by atoms with Gasteiger partial charge in [-0.1, -0.05) is 0 Å². The fraction of sp³-hybridized carbons (Fsp3) is 0.300. The van der Waals surface area contributed by atoms with Crippen molar-refractivity contribution < 1.29 is 9.50 Å². The van der Waals surface area contributed by atoms with E-state index in [9.17, 15) is 9.50 Å². The molecule has 0 spiro atoms. The highest BCUT2D eigenvalue weighted by Crippen LogP contribution is 2.23. The second-order valence-electron chi connectivity index (χ2n) is 3.71. The van der Waals surface area contributed by atoms with E-state index in [1.54, 1.807) is 17.8 Å². The van der Waals surface area contributed by atoms with Gasteiger partial charge in [-0.05, 0) is 13.0 Å². The van der Waals surface area contributed by atoms with Crippen LogP contribution in [0, 0.1) is 6.92 Å².